The van der Waals surface area contributed by atoms with E-state index in [1.54, 1.807) is 23.7 Å². The van der Waals surface area contributed by atoms with E-state index in [1.165, 1.54) is 17.3 Å². The summed E-state index contributed by atoms with van der Waals surface area (Å²) < 4.78 is 6.95. The average Bonchev–Trinajstić information content (AvgIpc) is 3.16. The molecule has 1 heterocycles. The molecule has 8 heteroatoms. The minimum absolute atomic E-state index is 0.0119. The van der Waals surface area contributed by atoms with Gasteiger partial charge in [-0.05, 0) is 40.6 Å². The van der Waals surface area contributed by atoms with Crippen molar-refractivity contribution in [2.45, 2.75) is 18.6 Å². The minimum Gasteiger partial charge on any atom is -0.494 e. The van der Waals surface area contributed by atoms with Gasteiger partial charge in [0, 0.05) is 13.6 Å². The van der Waals surface area contributed by atoms with Crippen molar-refractivity contribution in [1.82, 2.24) is 25.1 Å². The Morgan fingerprint density at radius 2 is 1.93 bits per heavy atom. The van der Waals surface area contributed by atoms with Crippen LogP contribution in [-0.2, 0) is 11.3 Å². The van der Waals surface area contributed by atoms with Crippen LogP contribution in [0.15, 0.2) is 53.7 Å². The Hall–Kier alpha value is -2.87. The van der Waals surface area contributed by atoms with Crippen molar-refractivity contribution in [2.75, 3.05) is 19.9 Å². The summed E-state index contributed by atoms with van der Waals surface area (Å²) in [6.07, 6.45) is 0. The number of ether oxygens (including phenoxy) is 1. The molecule has 7 nitrogen and oxygen atoms in total. The molecule has 0 aliphatic carbocycles. The lowest BCUT2D eigenvalue weighted by Gasteiger charge is -2.18. The van der Waals surface area contributed by atoms with E-state index in [9.17, 15) is 4.79 Å². The number of thioether (sulfide) groups is 1. The number of benzene rings is 2. The van der Waals surface area contributed by atoms with Crippen molar-refractivity contribution in [3.8, 4) is 11.4 Å². The summed E-state index contributed by atoms with van der Waals surface area (Å²) in [5.74, 6) is 0.922. The zero-order chi connectivity index (χ0) is 19.2. The van der Waals surface area contributed by atoms with Crippen molar-refractivity contribution < 1.29 is 9.53 Å². The van der Waals surface area contributed by atoms with E-state index in [0.717, 1.165) is 11.3 Å². The second-order valence-electron chi connectivity index (χ2n) is 6.01. The summed E-state index contributed by atoms with van der Waals surface area (Å²) in [6, 6.07) is 15.5. The first-order valence-corrected chi connectivity index (χ1v) is 9.41. The minimum atomic E-state index is 0.0119. The third kappa shape index (κ3) is 4.46. The molecule has 3 rings (SSSR count). The molecule has 0 bridgehead atoms. The maximum absolute atomic E-state index is 12.5. The van der Waals surface area contributed by atoms with E-state index in [-0.39, 0.29) is 11.7 Å². The van der Waals surface area contributed by atoms with Crippen LogP contribution in [0.25, 0.3) is 5.69 Å². The standard InChI is InChI=1S/C19H21N5O2S/c1-14-8-4-5-9-15(14)12-23(2)18(25)13-27-19-20-21-22-24(19)16-10-6-7-11-17(16)26-3/h4-11H,12-13H2,1-3H3. The maximum Gasteiger partial charge on any atom is 0.233 e. The number of aryl methyl sites for hydroxylation is 1. The molecule has 0 aliphatic rings. The summed E-state index contributed by atoms with van der Waals surface area (Å²) in [4.78, 5) is 14.2. The van der Waals surface area contributed by atoms with Crippen LogP contribution in [0.4, 0.5) is 0 Å². The van der Waals surface area contributed by atoms with Crippen molar-refractivity contribution in [3.05, 3.63) is 59.7 Å². The number of hydrogen-bond donors (Lipinski definition) is 0. The van der Waals surface area contributed by atoms with Gasteiger partial charge >= 0.3 is 0 Å². The van der Waals surface area contributed by atoms with Gasteiger partial charge in [0.2, 0.25) is 11.1 Å². The van der Waals surface area contributed by atoms with Crippen LogP contribution in [-0.4, -0.2) is 50.9 Å². The Labute approximate surface area is 162 Å². The molecule has 0 spiro atoms. The highest BCUT2D eigenvalue weighted by Crippen LogP contribution is 2.25. The molecular formula is C19H21N5O2S. The fourth-order valence-electron chi connectivity index (χ4n) is 2.59. The monoisotopic (exact) mass is 383 g/mol. The summed E-state index contributed by atoms with van der Waals surface area (Å²) in [5.41, 5.74) is 3.04. The second-order valence-corrected chi connectivity index (χ2v) is 6.95. The smallest absolute Gasteiger partial charge is 0.233 e. The summed E-state index contributed by atoms with van der Waals surface area (Å²) in [5, 5.41) is 12.3. The molecule has 2 aromatic carbocycles. The molecular weight excluding hydrogens is 362 g/mol. The highest BCUT2D eigenvalue weighted by atomic mass is 32.2. The number of carbonyl (C=O) groups excluding carboxylic acids is 1. The van der Waals surface area contributed by atoms with Gasteiger partial charge in [-0.1, -0.05) is 48.2 Å². The van der Waals surface area contributed by atoms with Gasteiger partial charge in [-0.2, -0.15) is 4.68 Å². The predicted molar refractivity (Wildman–Crippen MR) is 104 cm³/mol. The first-order chi connectivity index (χ1) is 13.1. The topological polar surface area (TPSA) is 73.1 Å². The number of aromatic nitrogens is 4. The first kappa shape index (κ1) is 18.9. The normalized spacial score (nSPS) is 10.6. The number of hydrogen-bond acceptors (Lipinski definition) is 6. The number of rotatable bonds is 7. The summed E-state index contributed by atoms with van der Waals surface area (Å²) >= 11 is 1.30. The van der Waals surface area contributed by atoms with Crippen molar-refractivity contribution in [2.24, 2.45) is 0 Å². The van der Waals surface area contributed by atoms with Crippen LogP contribution < -0.4 is 4.74 Å². The van der Waals surface area contributed by atoms with Crippen LogP contribution in [0, 0.1) is 6.92 Å². The van der Waals surface area contributed by atoms with Gasteiger partial charge in [0.05, 0.1) is 12.9 Å². The van der Waals surface area contributed by atoms with Gasteiger partial charge in [0.25, 0.3) is 0 Å². The van der Waals surface area contributed by atoms with Crippen molar-refractivity contribution in [1.29, 1.82) is 0 Å². The fraction of sp³-hybridized carbons (Fsp3) is 0.263. The fourth-order valence-corrected chi connectivity index (χ4v) is 3.42. The number of amides is 1. The lowest BCUT2D eigenvalue weighted by Crippen LogP contribution is -2.28. The number of carbonyl (C=O) groups is 1. The molecule has 0 atom stereocenters. The third-order valence-corrected chi connectivity index (χ3v) is 5.08. The molecule has 0 saturated heterocycles. The largest absolute Gasteiger partial charge is 0.494 e. The lowest BCUT2D eigenvalue weighted by atomic mass is 10.1. The number of nitrogens with zero attached hydrogens (tertiary/aromatic N) is 5. The molecule has 0 N–H and O–H groups in total. The zero-order valence-electron chi connectivity index (χ0n) is 15.5. The third-order valence-electron chi connectivity index (χ3n) is 4.17. The van der Waals surface area contributed by atoms with Crippen LogP contribution >= 0.6 is 11.8 Å². The van der Waals surface area contributed by atoms with Crippen LogP contribution in [0.3, 0.4) is 0 Å². The zero-order valence-corrected chi connectivity index (χ0v) is 16.3. The molecule has 0 aliphatic heterocycles. The molecule has 1 aromatic heterocycles. The molecule has 1 amide bonds. The van der Waals surface area contributed by atoms with Crippen LogP contribution in [0.5, 0.6) is 5.75 Å². The lowest BCUT2D eigenvalue weighted by molar-refractivity contribution is -0.127. The molecule has 140 valence electrons. The number of para-hydroxylation sites is 2. The van der Waals surface area contributed by atoms with Crippen molar-refractivity contribution in [3.63, 3.8) is 0 Å². The van der Waals surface area contributed by atoms with Crippen LogP contribution in [0.2, 0.25) is 0 Å². The second kappa shape index (κ2) is 8.68. The number of tetrazole rings is 1. The Morgan fingerprint density at radius 1 is 1.19 bits per heavy atom. The van der Waals surface area contributed by atoms with Gasteiger partial charge in [-0.25, -0.2) is 0 Å². The van der Waals surface area contributed by atoms with Gasteiger partial charge < -0.3 is 9.64 Å². The highest BCUT2D eigenvalue weighted by Gasteiger charge is 2.16. The molecule has 27 heavy (non-hydrogen) atoms. The Bertz CT molecular complexity index is 928. The van der Waals surface area contributed by atoms with E-state index in [2.05, 4.69) is 15.5 Å². The van der Waals surface area contributed by atoms with E-state index in [1.807, 2.05) is 55.5 Å². The van der Waals surface area contributed by atoms with Gasteiger partial charge in [0.1, 0.15) is 11.4 Å². The van der Waals surface area contributed by atoms with Gasteiger partial charge in [-0.3, -0.25) is 4.79 Å². The Kier molecular flexibility index (Phi) is 6.08. The summed E-state index contributed by atoms with van der Waals surface area (Å²) in [7, 11) is 3.40. The predicted octanol–water partition coefficient (Wildman–Crippen LogP) is 2.73. The molecule has 0 fully saturated rings. The van der Waals surface area contributed by atoms with Crippen LogP contribution in [0.1, 0.15) is 11.1 Å². The Morgan fingerprint density at radius 3 is 2.70 bits per heavy atom. The quantitative estimate of drug-likeness (QED) is 0.584. The maximum atomic E-state index is 12.5. The molecule has 0 saturated carbocycles. The highest BCUT2D eigenvalue weighted by molar-refractivity contribution is 7.99. The number of methoxy groups -OCH3 is 1. The summed E-state index contributed by atoms with van der Waals surface area (Å²) in [6.45, 7) is 2.62. The van der Waals surface area contributed by atoms with E-state index in [4.69, 9.17) is 4.74 Å². The van der Waals surface area contributed by atoms with E-state index >= 15 is 0 Å². The molecule has 3 aromatic rings. The van der Waals surface area contributed by atoms with Gasteiger partial charge in [0.15, 0.2) is 0 Å². The first-order valence-electron chi connectivity index (χ1n) is 8.43. The average molecular weight is 383 g/mol. The SMILES string of the molecule is COc1ccccc1-n1nnnc1SCC(=O)N(C)Cc1ccccc1C. The molecule has 0 unspecified atom stereocenters. The van der Waals surface area contributed by atoms with E-state index < -0.39 is 0 Å². The van der Waals surface area contributed by atoms with Gasteiger partial charge in [-0.15, -0.1) is 5.10 Å². The molecule has 0 radical (unpaired) electrons. The Balaban J connectivity index is 1.66. The van der Waals surface area contributed by atoms with Crippen molar-refractivity contribution >= 4 is 17.7 Å². The van der Waals surface area contributed by atoms with E-state index in [0.29, 0.717) is 17.5 Å².